The summed E-state index contributed by atoms with van der Waals surface area (Å²) in [6.45, 7) is 30.5. The Morgan fingerprint density at radius 1 is 0.839 bits per heavy atom. The number of carbonyl (C=O) groups excluding carboxylic acids is 2. The van der Waals surface area contributed by atoms with E-state index in [1.54, 1.807) is 19.1 Å². The van der Waals surface area contributed by atoms with Crippen molar-refractivity contribution < 1.29 is 19.8 Å². The predicted molar refractivity (Wildman–Crippen MR) is 281 cm³/mol. The lowest BCUT2D eigenvalue weighted by molar-refractivity contribution is -0.118. The number of thioether (sulfide) groups is 1. The van der Waals surface area contributed by atoms with Gasteiger partial charge in [0.1, 0.15) is 5.75 Å². The number of aryl methyl sites for hydroxylation is 2. The van der Waals surface area contributed by atoms with Gasteiger partial charge in [-0.25, -0.2) is 4.79 Å². The fraction of sp³-hybridized carbons (Fsp3) is 0.667. The van der Waals surface area contributed by atoms with Gasteiger partial charge in [-0.15, -0.1) is 0 Å². The second-order valence-corrected chi connectivity index (χ2v) is 17.3. The first-order valence-electron chi connectivity index (χ1n) is 23.4. The van der Waals surface area contributed by atoms with Crippen LogP contribution in [0.2, 0.25) is 0 Å². The molecule has 3 amide bonds. The summed E-state index contributed by atoms with van der Waals surface area (Å²) in [5, 5.41) is 23.0. The maximum Gasteiger partial charge on any atom is 0.315 e. The molecule has 3 heterocycles. The maximum absolute atomic E-state index is 11.0. The number of aromatic hydroxyl groups is 1. The Bertz CT molecular complexity index is 1270. The van der Waals surface area contributed by atoms with Gasteiger partial charge in [0.05, 0.1) is 12.1 Å². The minimum absolute atomic E-state index is 0.0198. The molecule has 5 rings (SSSR count). The summed E-state index contributed by atoms with van der Waals surface area (Å²) in [6.07, 6.45) is 15.9. The highest BCUT2D eigenvalue weighted by molar-refractivity contribution is 8.00. The van der Waals surface area contributed by atoms with E-state index in [9.17, 15) is 9.59 Å². The molecule has 3 atom stereocenters. The van der Waals surface area contributed by atoms with E-state index in [4.69, 9.17) is 21.7 Å². The van der Waals surface area contributed by atoms with Crippen molar-refractivity contribution in [1.82, 2.24) is 10.6 Å². The Hall–Kier alpha value is -2.99. The number of aliphatic hydroxyl groups excluding tert-OH is 1. The molecule has 2 fully saturated rings. The summed E-state index contributed by atoms with van der Waals surface area (Å²) in [7, 11) is 0. The van der Waals surface area contributed by atoms with E-state index in [-0.39, 0.29) is 18.5 Å². The summed E-state index contributed by atoms with van der Waals surface area (Å²) in [6, 6.07) is 18.5. The smallest absolute Gasteiger partial charge is 0.315 e. The number of unbranched alkanes of at least 4 members (excludes halogenated alkanes) is 1. The van der Waals surface area contributed by atoms with Gasteiger partial charge in [-0.2, -0.15) is 24.4 Å². The number of nitrogens with two attached hydrogens (primary N) is 2. The number of amides is 3. The Morgan fingerprint density at radius 2 is 1.34 bits per heavy atom. The Labute approximate surface area is 392 Å². The SMILES string of the molecule is CC(C)C.CCC(C)C.CCC1=CCC=N1.CCCC(N)=O.CCCC1SCC2NC(=O)NC21.CCCCN.CCO.CCS.CCc1ccc(O)cc1.CCc1ccccc1. The molecular weight excluding hydrogens is 811 g/mol. The maximum atomic E-state index is 11.0. The van der Waals surface area contributed by atoms with Crippen LogP contribution in [0.25, 0.3) is 0 Å². The minimum atomic E-state index is -0.211. The molecule has 9 nitrogen and oxygen atoms in total. The number of allylic oxidation sites excluding steroid dienone is 2. The molecular formula is C51H97N5O4S2. The van der Waals surface area contributed by atoms with Crippen LogP contribution in [0.15, 0.2) is 71.4 Å². The highest BCUT2D eigenvalue weighted by atomic mass is 32.2. The standard InChI is InChI=1S/C8H14N2OS.C8H10O.C8H10.C6H9N.C5H12.C4H9NO.C4H11N.C4H10.C2H6O.C2H6S/c1-2-3-6-7-5(4-12-6)9-8(11)10-7;1-2-7-3-5-8(9)6-4-7;1-2-8-6-4-3-5-7-8;1-2-6-4-3-5-7-6;1-4-5(2)3;1-2-3-4(5)6;1-2-3-4-5;1-4(2)3;2*1-2-3/h5-7H,2-4H2,1H3,(H2,9,10,11);3-6,9H,2H2,1H3;3-7H,2H2,1H3;4-5H,2-3H2,1H3;5H,4H2,1-3H3;2-3H2,1H3,(H2,5,6);2-5H2,1H3;4H,1-3H3;2*3H,2H2,1H3. The number of carbonyl (C=O) groups is 2. The first kappa shape index (κ1) is 68.1. The average molecular weight is 909 g/mol. The highest BCUT2D eigenvalue weighted by Crippen LogP contribution is 2.32. The Balaban J connectivity index is -0.000000200. The van der Waals surface area contributed by atoms with E-state index < -0.39 is 0 Å². The molecule has 11 heteroatoms. The van der Waals surface area contributed by atoms with E-state index in [0.717, 1.165) is 62.0 Å². The molecule has 0 radical (unpaired) electrons. The quantitative estimate of drug-likeness (QED) is 0.0927. The number of primary amides is 1. The zero-order valence-electron chi connectivity index (χ0n) is 42.0. The number of rotatable bonds is 10. The molecule has 8 N–H and O–H groups in total. The summed E-state index contributed by atoms with van der Waals surface area (Å²) in [5.41, 5.74) is 13.8. The second-order valence-electron chi connectivity index (χ2n) is 15.4. The number of hydrogen-bond acceptors (Lipinski definition) is 8. The van der Waals surface area contributed by atoms with Crippen LogP contribution in [0.3, 0.4) is 0 Å². The fourth-order valence-electron chi connectivity index (χ4n) is 4.47. The first-order chi connectivity index (χ1) is 29.5. The lowest BCUT2D eigenvalue weighted by Crippen LogP contribution is -2.36. The lowest BCUT2D eigenvalue weighted by Gasteiger charge is -2.15. The Morgan fingerprint density at radius 3 is 1.63 bits per heavy atom. The fourth-order valence-corrected chi connectivity index (χ4v) is 6.08. The third kappa shape index (κ3) is 51.4. The van der Waals surface area contributed by atoms with Gasteiger partial charge in [-0.05, 0) is 92.8 Å². The van der Waals surface area contributed by atoms with Gasteiger partial charge in [0.25, 0.3) is 0 Å². The number of hydrogen-bond donors (Lipinski definition) is 7. The van der Waals surface area contributed by atoms with Gasteiger partial charge >= 0.3 is 6.03 Å². The molecule has 0 aliphatic carbocycles. The van der Waals surface area contributed by atoms with E-state index in [2.05, 4.69) is 135 Å². The number of benzene rings is 2. The lowest BCUT2D eigenvalue weighted by atomic mass is 10.1. The third-order valence-corrected chi connectivity index (χ3v) is 9.56. The summed E-state index contributed by atoms with van der Waals surface area (Å²) >= 11 is 5.77. The molecule has 2 aromatic rings. The topological polar surface area (TPSA) is 163 Å². The number of thiol groups is 1. The largest absolute Gasteiger partial charge is 0.508 e. The molecule has 0 saturated carbocycles. The van der Waals surface area contributed by atoms with Crippen LogP contribution in [0, 0.1) is 11.8 Å². The molecule has 2 saturated heterocycles. The predicted octanol–water partition coefficient (Wildman–Crippen LogP) is 12.6. The van der Waals surface area contributed by atoms with E-state index in [0.29, 0.717) is 29.5 Å². The normalized spacial score (nSPS) is 15.5. The molecule has 0 bridgehead atoms. The van der Waals surface area contributed by atoms with Crippen LogP contribution in [0.1, 0.15) is 166 Å². The molecule has 3 aliphatic heterocycles. The number of fused-ring (bicyclic) bond motifs is 1. The monoisotopic (exact) mass is 908 g/mol. The van der Waals surface area contributed by atoms with Crippen molar-refractivity contribution in [3.05, 3.63) is 77.5 Å². The van der Waals surface area contributed by atoms with Gasteiger partial charge in [-0.1, -0.05) is 158 Å². The van der Waals surface area contributed by atoms with Crippen LogP contribution < -0.4 is 22.1 Å². The van der Waals surface area contributed by atoms with Crippen LogP contribution in [0.5, 0.6) is 5.75 Å². The zero-order chi connectivity index (χ0) is 48.6. The van der Waals surface area contributed by atoms with E-state index >= 15 is 0 Å². The van der Waals surface area contributed by atoms with Gasteiger partial charge in [0.15, 0.2) is 0 Å². The molecule has 62 heavy (non-hydrogen) atoms. The second kappa shape index (κ2) is 52.4. The van der Waals surface area contributed by atoms with Crippen molar-refractivity contribution in [3.8, 4) is 5.75 Å². The van der Waals surface area contributed by atoms with Gasteiger partial charge in [0.2, 0.25) is 5.91 Å². The number of nitrogens with one attached hydrogen (secondary N) is 2. The number of phenolic OH excluding ortho intramolecular Hbond substituents is 1. The minimum Gasteiger partial charge on any atom is -0.508 e. The molecule has 3 unspecified atom stereocenters. The molecule has 0 spiro atoms. The van der Waals surface area contributed by atoms with Crippen molar-refractivity contribution in [1.29, 1.82) is 0 Å². The van der Waals surface area contributed by atoms with Crippen molar-refractivity contribution in [2.24, 2.45) is 28.3 Å². The van der Waals surface area contributed by atoms with Crippen LogP contribution in [-0.4, -0.2) is 70.4 Å². The number of aliphatic hydroxyl groups is 1. The van der Waals surface area contributed by atoms with Gasteiger partial charge < -0.3 is 32.3 Å². The highest BCUT2D eigenvalue weighted by Gasteiger charge is 2.42. The van der Waals surface area contributed by atoms with Crippen LogP contribution in [-0.2, 0) is 17.6 Å². The van der Waals surface area contributed by atoms with Gasteiger partial charge in [0, 0.05) is 42.4 Å². The van der Waals surface area contributed by atoms with Crippen LogP contribution in [0.4, 0.5) is 4.79 Å². The Kier molecular flexibility index (Phi) is 57.5. The van der Waals surface area contributed by atoms with Gasteiger partial charge in [-0.3, -0.25) is 9.79 Å². The van der Waals surface area contributed by atoms with Crippen LogP contribution >= 0.6 is 24.4 Å². The number of phenols is 1. The third-order valence-electron chi connectivity index (χ3n) is 8.06. The number of urea groups is 1. The number of aliphatic imine (C=N–C) groups is 1. The summed E-state index contributed by atoms with van der Waals surface area (Å²) in [4.78, 5) is 24.9. The average Bonchev–Trinajstić information content (AvgIpc) is 4.00. The van der Waals surface area contributed by atoms with Crippen molar-refractivity contribution in [2.45, 2.75) is 185 Å². The molecule has 0 aromatic heterocycles. The van der Waals surface area contributed by atoms with E-state index in [1.807, 2.05) is 50.0 Å². The summed E-state index contributed by atoms with van der Waals surface area (Å²) in [5.74, 6) is 3.87. The summed E-state index contributed by atoms with van der Waals surface area (Å²) < 4.78 is 0. The van der Waals surface area contributed by atoms with Crippen molar-refractivity contribution in [2.75, 3.05) is 24.7 Å². The molecule has 3 aliphatic rings. The molecule has 2 aromatic carbocycles. The van der Waals surface area contributed by atoms with E-state index in [1.165, 1.54) is 48.9 Å². The molecule has 362 valence electrons. The van der Waals surface area contributed by atoms with Crippen molar-refractivity contribution >= 4 is 42.5 Å². The first-order valence-corrected chi connectivity index (χ1v) is 25.1. The number of nitrogens with zero attached hydrogens (tertiary/aromatic N) is 1. The van der Waals surface area contributed by atoms with Crippen molar-refractivity contribution in [3.63, 3.8) is 0 Å². The zero-order valence-corrected chi connectivity index (χ0v) is 43.7.